The van der Waals surface area contributed by atoms with Crippen LogP contribution in [-0.4, -0.2) is 52.4 Å². The third kappa shape index (κ3) is 5.03. The van der Waals surface area contributed by atoms with Crippen molar-refractivity contribution >= 4 is 5.95 Å². The average Bonchev–Trinajstić information content (AvgIpc) is 3.44. The van der Waals surface area contributed by atoms with Gasteiger partial charge in [0.15, 0.2) is 6.10 Å². The van der Waals surface area contributed by atoms with Gasteiger partial charge in [0, 0.05) is 39.1 Å². The lowest BCUT2D eigenvalue weighted by atomic mass is 9.89. The number of halogens is 3. The molecule has 1 atom stereocenters. The van der Waals surface area contributed by atoms with Crippen molar-refractivity contribution in [3.8, 4) is 5.75 Å². The minimum atomic E-state index is -4.39. The molecule has 1 aliphatic heterocycles. The number of phenols is 1. The third-order valence-electron chi connectivity index (χ3n) is 6.89. The molecule has 0 radical (unpaired) electrons. The van der Waals surface area contributed by atoms with E-state index in [9.17, 15) is 18.3 Å². The van der Waals surface area contributed by atoms with Crippen LogP contribution in [0.3, 0.4) is 0 Å². The molecule has 0 amide bonds. The summed E-state index contributed by atoms with van der Waals surface area (Å²) in [6.45, 7) is 1.71. The highest BCUT2D eigenvalue weighted by Gasteiger charge is 2.40. The first-order valence-electron chi connectivity index (χ1n) is 11.4. The fourth-order valence-corrected chi connectivity index (χ4v) is 5.06. The van der Waals surface area contributed by atoms with Gasteiger partial charge in [-0.2, -0.15) is 13.2 Å². The zero-order chi connectivity index (χ0) is 22.7. The second kappa shape index (κ2) is 9.68. The fraction of sp³-hybridized carbons (Fsp3) is 0.652. The first kappa shape index (κ1) is 22.9. The zero-order valence-corrected chi connectivity index (χ0v) is 18.4. The van der Waals surface area contributed by atoms with Gasteiger partial charge >= 0.3 is 6.18 Å². The number of aromatic hydroxyl groups is 1. The Kier molecular flexibility index (Phi) is 6.93. The summed E-state index contributed by atoms with van der Waals surface area (Å²) in [4.78, 5) is 2.15. The predicted molar refractivity (Wildman–Crippen MR) is 115 cm³/mol. The van der Waals surface area contributed by atoms with Gasteiger partial charge in [0.05, 0.1) is 0 Å². The molecule has 176 valence electrons. The average molecular weight is 453 g/mol. The lowest BCUT2D eigenvalue weighted by molar-refractivity contribution is -0.215. The maximum absolute atomic E-state index is 13.2. The maximum Gasteiger partial charge on any atom is 0.414 e. The van der Waals surface area contributed by atoms with Crippen molar-refractivity contribution in [1.82, 2.24) is 14.8 Å². The van der Waals surface area contributed by atoms with Gasteiger partial charge in [-0.05, 0) is 49.3 Å². The van der Waals surface area contributed by atoms with Crippen LogP contribution in [0.15, 0.2) is 24.3 Å². The van der Waals surface area contributed by atoms with Gasteiger partial charge < -0.3 is 14.7 Å². The Morgan fingerprint density at radius 1 is 1.03 bits per heavy atom. The fourth-order valence-electron chi connectivity index (χ4n) is 5.06. The molecule has 1 N–H and O–H groups in total. The number of hydrogen-bond donors (Lipinski definition) is 1. The van der Waals surface area contributed by atoms with E-state index in [2.05, 4.69) is 15.1 Å². The number of anilines is 1. The molecule has 9 heteroatoms. The van der Waals surface area contributed by atoms with Crippen molar-refractivity contribution < 1.29 is 23.0 Å². The Labute approximate surface area is 186 Å². The van der Waals surface area contributed by atoms with Crippen molar-refractivity contribution in [1.29, 1.82) is 0 Å². The lowest BCUT2D eigenvalue weighted by Crippen LogP contribution is -2.36. The summed E-state index contributed by atoms with van der Waals surface area (Å²) in [6.07, 6.45) is -0.258. The maximum atomic E-state index is 13.2. The summed E-state index contributed by atoms with van der Waals surface area (Å²) in [5, 5.41) is 18.4. The Balaban J connectivity index is 1.50. The summed E-state index contributed by atoms with van der Waals surface area (Å²) in [5.41, 5.74) is 1.20. The molecule has 1 aromatic carbocycles. The van der Waals surface area contributed by atoms with E-state index in [1.54, 1.807) is 12.1 Å². The molecule has 2 aliphatic rings. The SMILES string of the molecule is COC(CCn1c(C2CCCC2)nnc1N1CCC(c2ccc(O)cc2)CC1)C(F)(F)F. The van der Waals surface area contributed by atoms with Crippen molar-refractivity contribution in [2.75, 3.05) is 25.1 Å². The van der Waals surface area contributed by atoms with Gasteiger partial charge in [-0.3, -0.25) is 4.57 Å². The van der Waals surface area contributed by atoms with E-state index in [0.717, 1.165) is 64.5 Å². The molecule has 32 heavy (non-hydrogen) atoms. The number of piperidine rings is 1. The summed E-state index contributed by atoms with van der Waals surface area (Å²) >= 11 is 0. The Morgan fingerprint density at radius 2 is 1.69 bits per heavy atom. The Morgan fingerprint density at radius 3 is 2.28 bits per heavy atom. The van der Waals surface area contributed by atoms with E-state index in [-0.39, 0.29) is 24.6 Å². The number of phenolic OH excluding ortho intramolecular Hbond substituents is 1. The number of nitrogens with zero attached hydrogens (tertiary/aromatic N) is 4. The van der Waals surface area contributed by atoms with Crippen LogP contribution >= 0.6 is 0 Å². The van der Waals surface area contributed by atoms with Crippen LogP contribution in [0.2, 0.25) is 0 Å². The summed E-state index contributed by atoms with van der Waals surface area (Å²) in [5.74, 6) is 2.40. The van der Waals surface area contributed by atoms with Crippen molar-refractivity contribution in [3.05, 3.63) is 35.7 Å². The van der Waals surface area contributed by atoms with Crippen molar-refractivity contribution in [2.24, 2.45) is 0 Å². The molecule has 1 saturated carbocycles. The molecule has 2 aromatic rings. The summed E-state index contributed by atoms with van der Waals surface area (Å²) in [6, 6.07) is 7.33. The Bertz CT molecular complexity index is 870. The molecule has 1 aliphatic carbocycles. The number of hydrogen-bond acceptors (Lipinski definition) is 5. The normalized spacial score (nSPS) is 19.6. The molecule has 0 spiro atoms. The van der Waals surface area contributed by atoms with Crippen LogP contribution < -0.4 is 4.90 Å². The number of benzene rings is 1. The quantitative estimate of drug-likeness (QED) is 0.641. The molecule has 2 fully saturated rings. The highest BCUT2D eigenvalue weighted by atomic mass is 19.4. The molecule has 2 heterocycles. The molecular weight excluding hydrogens is 421 g/mol. The smallest absolute Gasteiger partial charge is 0.414 e. The molecule has 4 rings (SSSR count). The van der Waals surface area contributed by atoms with Gasteiger partial charge in [-0.15, -0.1) is 10.2 Å². The van der Waals surface area contributed by atoms with Gasteiger partial charge in [0.25, 0.3) is 0 Å². The molecule has 1 saturated heterocycles. The standard InChI is InChI=1S/C23H31F3N4O2/c1-32-20(23(24,25)26)12-15-30-21(18-4-2-3-5-18)27-28-22(30)29-13-10-17(11-14-29)16-6-8-19(31)9-7-16/h6-9,17-18,20,31H,2-5,10-15H2,1H3. The highest BCUT2D eigenvalue weighted by molar-refractivity contribution is 5.35. The van der Waals surface area contributed by atoms with Crippen LogP contribution in [0.5, 0.6) is 5.75 Å². The molecule has 1 aromatic heterocycles. The minimum Gasteiger partial charge on any atom is -0.508 e. The largest absolute Gasteiger partial charge is 0.508 e. The summed E-state index contributed by atoms with van der Waals surface area (Å²) < 4.78 is 46.4. The Hall–Kier alpha value is -2.29. The van der Waals surface area contributed by atoms with E-state index in [0.29, 0.717) is 11.9 Å². The van der Waals surface area contributed by atoms with Gasteiger partial charge in [0.2, 0.25) is 5.95 Å². The first-order valence-corrected chi connectivity index (χ1v) is 11.4. The van der Waals surface area contributed by atoms with E-state index >= 15 is 0 Å². The van der Waals surface area contributed by atoms with Gasteiger partial charge in [-0.1, -0.05) is 25.0 Å². The molecular formula is C23H31F3N4O2. The summed E-state index contributed by atoms with van der Waals surface area (Å²) in [7, 11) is 1.11. The first-order chi connectivity index (χ1) is 15.4. The second-order valence-electron chi connectivity index (χ2n) is 8.90. The van der Waals surface area contributed by atoms with E-state index in [1.165, 1.54) is 5.56 Å². The topological polar surface area (TPSA) is 63.4 Å². The van der Waals surface area contributed by atoms with Crippen LogP contribution in [0.1, 0.15) is 68.2 Å². The van der Waals surface area contributed by atoms with E-state index < -0.39 is 12.3 Å². The lowest BCUT2D eigenvalue weighted by Gasteiger charge is -2.33. The van der Waals surface area contributed by atoms with E-state index in [1.807, 2.05) is 16.7 Å². The molecule has 0 bridgehead atoms. The van der Waals surface area contributed by atoms with Crippen LogP contribution in [-0.2, 0) is 11.3 Å². The van der Waals surface area contributed by atoms with Crippen molar-refractivity contribution in [3.63, 3.8) is 0 Å². The highest BCUT2D eigenvalue weighted by Crippen LogP contribution is 2.37. The van der Waals surface area contributed by atoms with Gasteiger partial charge in [-0.25, -0.2) is 0 Å². The van der Waals surface area contributed by atoms with Crippen LogP contribution in [0.25, 0.3) is 0 Å². The van der Waals surface area contributed by atoms with Crippen molar-refractivity contribution in [2.45, 2.75) is 75.6 Å². The number of rotatable bonds is 7. The number of ether oxygens (including phenoxy) is 1. The third-order valence-corrected chi connectivity index (χ3v) is 6.89. The van der Waals surface area contributed by atoms with E-state index in [4.69, 9.17) is 4.74 Å². The monoisotopic (exact) mass is 452 g/mol. The number of aromatic nitrogens is 3. The second-order valence-corrected chi connectivity index (χ2v) is 8.90. The minimum absolute atomic E-state index is 0.158. The number of alkyl halides is 3. The predicted octanol–water partition coefficient (Wildman–Crippen LogP) is 4.99. The molecule has 6 nitrogen and oxygen atoms in total. The molecule has 1 unspecified atom stereocenters. The van der Waals surface area contributed by atoms with Crippen LogP contribution in [0.4, 0.5) is 19.1 Å². The van der Waals surface area contributed by atoms with Gasteiger partial charge in [0.1, 0.15) is 11.6 Å². The zero-order valence-electron chi connectivity index (χ0n) is 18.4. The number of methoxy groups -OCH3 is 1. The van der Waals surface area contributed by atoms with Crippen LogP contribution in [0, 0.1) is 0 Å².